The molecule has 0 spiro atoms. The number of hydrogen-bond donors (Lipinski definition) is 0. The smallest absolute Gasteiger partial charge is 0.338 e. The maximum atomic E-state index is 11.9. The van der Waals surface area contributed by atoms with Crippen molar-refractivity contribution < 1.29 is 9.53 Å². The fourth-order valence-corrected chi connectivity index (χ4v) is 4.30. The highest BCUT2D eigenvalue weighted by atomic mass is 16.5. The zero-order chi connectivity index (χ0) is 14.5. The molecule has 3 aliphatic carbocycles. The third-order valence-corrected chi connectivity index (χ3v) is 5.62. The van der Waals surface area contributed by atoms with Crippen LogP contribution in [0.3, 0.4) is 0 Å². The Kier molecular flexibility index (Phi) is 2.97. The predicted octanol–water partition coefficient (Wildman–Crippen LogP) is 4.25. The van der Waals surface area contributed by atoms with E-state index in [9.17, 15) is 4.79 Å². The normalized spacial score (nSPS) is 30.6. The zero-order valence-corrected chi connectivity index (χ0v) is 13.0. The van der Waals surface area contributed by atoms with Crippen molar-refractivity contribution in [2.45, 2.75) is 52.4 Å². The van der Waals surface area contributed by atoms with Crippen LogP contribution < -0.4 is 0 Å². The highest BCUT2D eigenvalue weighted by Crippen LogP contribution is 2.76. The molecule has 0 radical (unpaired) electrons. The van der Waals surface area contributed by atoms with E-state index in [-0.39, 0.29) is 5.97 Å². The first kappa shape index (κ1) is 13.7. The summed E-state index contributed by atoms with van der Waals surface area (Å²) in [7, 11) is 0. The summed E-state index contributed by atoms with van der Waals surface area (Å²) in [6.07, 6.45) is 3.89. The van der Waals surface area contributed by atoms with Crippen molar-refractivity contribution in [2.24, 2.45) is 11.3 Å². The van der Waals surface area contributed by atoms with Gasteiger partial charge >= 0.3 is 5.97 Å². The number of rotatable bonds is 4. The third-order valence-electron chi connectivity index (χ3n) is 5.62. The summed E-state index contributed by atoms with van der Waals surface area (Å²) < 4.78 is 5.12. The first-order valence-electron chi connectivity index (χ1n) is 7.71. The molecule has 3 fully saturated rings. The number of carbonyl (C=O) groups excluding carboxylic acids is 1. The second-order valence-corrected chi connectivity index (χ2v) is 7.08. The molecule has 1 aromatic rings. The van der Waals surface area contributed by atoms with Crippen molar-refractivity contribution in [3.8, 4) is 0 Å². The van der Waals surface area contributed by atoms with Crippen LogP contribution in [0.2, 0.25) is 0 Å². The van der Waals surface area contributed by atoms with Gasteiger partial charge in [-0.25, -0.2) is 4.79 Å². The molecule has 0 unspecified atom stereocenters. The van der Waals surface area contributed by atoms with Gasteiger partial charge in [0, 0.05) is 0 Å². The van der Waals surface area contributed by atoms with Crippen LogP contribution in [0.25, 0.3) is 0 Å². The second kappa shape index (κ2) is 4.34. The lowest BCUT2D eigenvalue weighted by Crippen LogP contribution is -2.66. The maximum absolute atomic E-state index is 11.9. The topological polar surface area (TPSA) is 26.3 Å². The minimum absolute atomic E-state index is 0.195. The van der Waals surface area contributed by atoms with E-state index in [4.69, 9.17) is 4.74 Å². The molecule has 0 aromatic heterocycles. The molecule has 1 aromatic carbocycles. The van der Waals surface area contributed by atoms with E-state index < -0.39 is 0 Å². The standard InChI is InChI=1S/C18H24O2/c1-5-20-16(19)14-7-6-13(4)15(8-14)18-9-17(10-18,11-18)12(2)3/h6-8,12H,5,9-11H2,1-4H3. The quantitative estimate of drug-likeness (QED) is 0.766. The first-order chi connectivity index (χ1) is 9.42. The number of carbonyl (C=O) groups is 1. The molecule has 20 heavy (non-hydrogen) atoms. The highest BCUT2D eigenvalue weighted by molar-refractivity contribution is 5.89. The minimum atomic E-state index is -0.195. The summed E-state index contributed by atoms with van der Waals surface area (Å²) in [6.45, 7) is 9.12. The lowest BCUT2D eigenvalue weighted by Gasteiger charge is -2.73. The van der Waals surface area contributed by atoms with Crippen LogP contribution >= 0.6 is 0 Å². The summed E-state index contributed by atoms with van der Waals surface area (Å²) in [5.41, 5.74) is 4.35. The van der Waals surface area contributed by atoms with Crippen molar-refractivity contribution in [2.75, 3.05) is 6.61 Å². The van der Waals surface area contributed by atoms with E-state index in [0.29, 0.717) is 23.0 Å². The molecule has 2 nitrogen and oxygen atoms in total. The molecule has 0 atom stereocenters. The van der Waals surface area contributed by atoms with E-state index in [2.05, 4.69) is 32.9 Å². The average molecular weight is 272 g/mol. The maximum Gasteiger partial charge on any atom is 0.338 e. The monoisotopic (exact) mass is 272 g/mol. The van der Waals surface area contributed by atoms with Gasteiger partial charge in [-0.15, -0.1) is 0 Å². The minimum Gasteiger partial charge on any atom is -0.462 e. The molecular weight excluding hydrogens is 248 g/mol. The van der Waals surface area contributed by atoms with E-state index in [1.54, 1.807) is 0 Å². The van der Waals surface area contributed by atoms with Crippen molar-refractivity contribution in [1.82, 2.24) is 0 Å². The molecule has 3 saturated carbocycles. The molecule has 0 amide bonds. The summed E-state index contributed by atoms with van der Waals surface area (Å²) in [5.74, 6) is 0.580. The Hall–Kier alpha value is -1.31. The van der Waals surface area contributed by atoms with E-state index in [1.807, 2.05) is 13.0 Å². The Morgan fingerprint density at radius 3 is 2.50 bits per heavy atom. The Morgan fingerprint density at radius 1 is 1.30 bits per heavy atom. The molecule has 0 heterocycles. The fraction of sp³-hybridized carbons (Fsp3) is 0.611. The van der Waals surface area contributed by atoms with Crippen LogP contribution in [-0.2, 0) is 10.2 Å². The largest absolute Gasteiger partial charge is 0.462 e. The van der Waals surface area contributed by atoms with Gasteiger partial charge in [-0.3, -0.25) is 0 Å². The molecule has 4 rings (SSSR count). The lowest BCUT2D eigenvalue weighted by molar-refractivity contribution is -0.172. The van der Waals surface area contributed by atoms with E-state index in [0.717, 1.165) is 5.92 Å². The van der Waals surface area contributed by atoms with Gasteiger partial charge in [-0.05, 0) is 73.1 Å². The van der Waals surface area contributed by atoms with Crippen LogP contribution in [0, 0.1) is 18.3 Å². The lowest BCUT2D eigenvalue weighted by atomic mass is 9.30. The van der Waals surface area contributed by atoms with Gasteiger partial charge in [0.2, 0.25) is 0 Å². The van der Waals surface area contributed by atoms with Crippen LogP contribution in [0.5, 0.6) is 0 Å². The third kappa shape index (κ3) is 1.73. The van der Waals surface area contributed by atoms with Gasteiger partial charge in [0.25, 0.3) is 0 Å². The van der Waals surface area contributed by atoms with E-state index in [1.165, 1.54) is 30.4 Å². The Bertz CT molecular complexity index is 537. The Labute approximate surface area is 121 Å². The van der Waals surface area contributed by atoms with Crippen LogP contribution in [-0.4, -0.2) is 12.6 Å². The summed E-state index contributed by atoms with van der Waals surface area (Å²) >= 11 is 0. The van der Waals surface area contributed by atoms with Gasteiger partial charge in [0.1, 0.15) is 0 Å². The molecule has 2 heteroatoms. The summed E-state index contributed by atoms with van der Waals surface area (Å²) in [4.78, 5) is 11.9. The Balaban J connectivity index is 1.85. The number of hydrogen-bond acceptors (Lipinski definition) is 2. The fourth-order valence-electron chi connectivity index (χ4n) is 4.30. The van der Waals surface area contributed by atoms with Gasteiger partial charge in [-0.2, -0.15) is 0 Å². The molecule has 3 aliphatic rings. The van der Waals surface area contributed by atoms with Gasteiger partial charge < -0.3 is 4.74 Å². The first-order valence-corrected chi connectivity index (χ1v) is 7.71. The van der Waals surface area contributed by atoms with Crippen molar-refractivity contribution in [3.05, 3.63) is 34.9 Å². The number of ether oxygens (including phenoxy) is 1. The van der Waals surface area contributed by atoms with E-state index >= 15 is 0 Å². The van der Waals surface area contributed by atoms with Gasteiger partial charge in [0.15, 0.2) is 0 Å². The molecule has 0 N–H and O–H groups in total. The average Bonchev–Trinajstić information content (AvgIpc) is 2.27. The molecular formula is C18H24O2. The van der Waals surface area contributed by atoms with Crippen LogP contribution in [0.4, 0.5) is 0 Å². The molecule has 108 valence electrons. The van der Waals surface area contributed by atoms with Crippen molar-refractivity contribution in [3.63, 3.8) is 0 Å². The molecule has 2 bridgehead atoms. The number of esters is 1. The Morgan fingerprint density at radius 2 is 1.95 bits per heavy atom. The predicted molar refractivity (Wildman–Crippen MR) is 79.9 cm³/mol. The summed E-state index contributed by atoms with van der Waals surface area (Å²) in [6, 6.07) is 6.04. The van der Waals surface area contributed by atoms with Gasteiger partial charge in [-0.1, -0.05) is 19.9 Å². The number of benzene rings is 1. The number of aryl methyl sites for hydroxylation is 1. The zero-order valence-electron chi connectivity index (χ0n) is 13.0. The van der Waals surface area contributed by atoms with Crippen LogP contribution in [0.1, 0.15) is 61.5 Å². The van der Waals surface area contributed by atoms with Crippen LogP contribution in [0.15, 0.2) is 18.2 Å². The molecule has 0 saturated heterocycles. The van der Waals surface area contributed by atoms with Gasteiger partial charge in [0.05, 0.1) is 12.2 Å². The summed E-state index contributed by atoms with van der Waals surface area (Å²) in [5, 5.41) is 0. The van der Waals surface area contributed by atoms with Crippen molar-refractivity contribution in [1.29, 1.82) is 0 Å². The highest BCUT2D eigenvalue weighted by Gasteiger charge is 2.69. The van der Waals surface area contributed by atoms with Crippen molar-refractivity contribution >= 4 is 5.97 Å². The molecule has 0 aliphatic heterocycles. The SMILES string of the molecule is CCOC(=O)c1ccc(C)c(C23CC(C(C)C)(C2)C3)c1. The second-order valence-electron chi connectivity index (χ2n) is 7.08.